The first-order chi connectivity index (χ1) is 9.61. The third kappa shape index (κ3) is 3.24. The number of methoxy groups -OCH3 is 1. The number of ether oxygens (including phenoxy) is 1. The minimum atomic E-state index is 0.160. The van der Waals surface area contributed by atoms with Crippen molar-refractivity contribution in [3.05, 3.63) is 48.0 Å². The number of rotatable bonds is 5. The fourth-order valence-corrected chi connectivity index (χ4v) is 2.03. The van der Waals surface area contributed by atoms with Crippen molar-refractivity contribution < 1.29 is 9.84 Å². The molecule has 5 heteroatoms. The molecule has 0 saturated carbocycles. The molecule has 0 bridgehead atoms. The summed E-state index contributed by atoms with van der Waals surface area (Å²) in [6.45, 7) is 2.80. The highest BCUT2D eigenvalue weighted by atomic mass is 16.5. The third-order valence-corrected chi connectivity index (χ3v) is 3.37. The maximum atomic E-state index is 9.80. The third-order valence-electron chi connectivity index (χ3n) is 3.37. The predicted octanol–water partition coefficient (Wildman–Crippen LogP) is 2.38. The Labute approximate surface area is 118 Å². The van der Waals surface area contributed by atoms with E-state index in [-0.39, 0.29) is 11.8 Å². The molecule has 1 atom stereocenters. The van der Waals surface area contributed by atoms with Crippen LogP contribution in [0.4, 0.5) is 0 Å². The van der Waals surface area contributed by atoms with E-state index in [0.29, 0.717) is 12.3 Å². The van der Waals surface area contributed by atoms with Crippen molar-refractivity contribution in [1.82, 2.24) is 14.9 Å². The van der Waals surface area contributed by atoms with E-state index in [4.69, 9.17) is 4.74 Å². The fourth-order valence-electron chi connectivity index (χ4n) is 2.03. The van der Waals surface area contributed by atoms with E-state index >= 15 is 0 Å². The fraction of sp³-hybridized carbons (Fsp3) is 0.333. The van der Waals surface area contributed by atoms with Gasteiger partial charge in [0, 0.05) is 18.8 Å². The van der Waals surface area contributed by atoms with Gasteiger partial charge in [-0.25, -0.2) is 9.97 Å². The quantitative estimate of drug-likeness (QED) is 0.906. The van der Waals surface area contributed by atoms with Crippen molar-refractivity contribution >= 4 is 0 Å². The molecule has 2 aromatic rings. The van der Waals surface area contributed by atoms with Crippen LogP contribution in [0.25, 0.3) is 0 Å². The summed E-state index contributed by atoms with van der Waals surface area (Å²) in [6.07, 6.45) is 3.30. The Bertz CT molecular complexity index is 560. The normalized spacial score (nSPS) is 12.4. The highest BCUT2D eigenvalue weighted by Gasteiger charge is 2.13. The van der Waals surface area contributed by atoms with Crippen molar-refractivity contribution in [2.45, 2.75) is 19.5 Å². The first-order valence-corrected chi connectivity index (χ1v) is 6.44. The van der Waals surface area contributed by atoms with Crippen LogP contribution >= 0.6 is 0 Å². The summed E-state index contributed by atoms with van der Waals surface area (Å²) < 4.78 is 5.04. The summed E-state index contributed by atoms with van der Waals surface area (Å²) >= 11 is 0. The summed E-state index contributed by atoms with van der Waals surface area (Å²) in [5.41, 5.74) is 1.99. The monoisotopic (exact) mass is 273 g/mol. The lowest BCUT2D eigenvalue weighted by Crippen LogP contribution is -2.22. The summed E-state index contributed by atoms with van der Waals surface area (Å²) in [7, 11) is 3.56. The second kappa shape index (κ2) is 6.34. The Balaban J connectivity index is 2.08. The van der Waals surface area contributed by atoms with E-state index in [1.807, 2.05) is 19.2 Å². The summed E-state index contributed by atoms with van der Waals surface area (Å²) in [4.78, 5) is 10.3. The second-order valence-corrected chi connectivity index (χ2v) is 4.73. The lowest BCUT2D eigenvalue weighted by molar-refractivity contribution is 0.248. The number of benzene rings is 1. The number of hydrogen-bond donors (Lipinski definition) is 1. The number of phenols is 1. The van der Waals surface area contributed by atoms with Gasteiger partial charge in [0.2, 0.25) is 0 Å². The zero-order valence-electron chi connectivity index (χ0n) is 11.9. The van der Waals surface area contributed by atoms with E-state index in [9.17, 15) is 5.11 Å². The Morgan fingerprint density at radius 3 is 2.75 bits per heavy atom. The van der Waals surface area contributed by atoms with Crippen LogP contribution in [-0.2, 0) is 6.54 Å². The van der Waals surface area contributed by atoms with Gasteiger partial charge in [-0.15, -0.1) is 0 Å². The molecule has 20 heavy (non-hydrogen) atoms. The Morgan fingerprint density at radius 2 is 2.15 bits per heavy atom. The highest BCUT2D eigenvalue weighted by Crippen LogP contribution is 2.27. The standard InChI is InChI=1S/C15H19N3O2/c1-11(13-6-7-16-10-17-13)18(2)9-12-4-5-15(20-3)14(19)8-12/h4-8,10-11,19H,9H2,1-3H3/t11-/m1/s1. The van der Waals surface area contributed by atoms with Crippen molar-refractivity contribution in [3.63, 3.8) is 0 Å². The van der Waals surface area contributed by atoms with Crippen molar-refractivity contribution in [1.29, 1.82) is 0 Å². The second-order valence-electron chi connectivity index (χ2n) is 4.73. The van der Waals surface area contributed by atoms with Gasteiger partial charge in [-0.3, -0.25) is 4.90 Å². The average Bonchev–Trinajstić information content (AvgIpc) is 2.47. The molecule has 1 N–H and O–H groups in total. The van der Waals surface area contributed by atoms with Crippen LogP contribution in [0.2, 0.25) is 0 Å². The van der Waals surface area contributed by atoms with Gasteiger partial charge in [0.15, 0.2) is 11.5 Å². The first-order valence-electron chi connectivity index (χ1n) is 6.44. The predicted molar refractivity (Wildman–Crippen MR) is 76.6 cm³/mol. The number of nitrogens with zero attached hydrogens (tertiary/aromatic N) is 3. The van der Waals surface area contributed by atoms with Crippen LogP contribution < -0.4 is 4.74 Å². The van der Waals surface area contributed by atoms with Gasteiger partial charge in [0.1, 0.15) is 6.33 Å². The molecule has 1 aromatic heterocycles. The SMILES string of the molecule is COc1ccc(CN(C)[C@H](C)c2ccncn2)cc1O. The molecular formula is C15H19N3O2. The molecule has 0 aliphatic heterocycles. The Morgan fingerprint density at radius 1 is 1.35 bits per heavy atom. The lowest BCUT2D eigenvalue weighted by atomic mass is 10.1. The maximum absolute atomic E-state index is 9.80. The van der Waals surface area contributed by atoms with Gasteiger partial charge in [-0.2, -0.15) is 0 Å². The molecular weight excluding hydrogens is 254 g/mol. The number of hydrogen-bond acceptors (Lipinski definition) is 5. The molecule has 0 unspecified atom stereocenters. The maximum Gasteiger partial charge on any atom is 0.160 e. The molecule has 0 aliphatic carbocycles. The van der Waals surface area contributed by atoms with Gasteiger partial charge < -0.3 is 9.84 Å². The smallest absolute Gasteiger partial charge is 0.160 e. The molecule has 0 saturated heterocycles. The zero-order chi connectivity index (χ0) is 14.5. The van der Waals surface area contributed by atoms with Gasteiger partial charge in [0.05, 0.1) is 12.8 Å². The molecule has 5 nitrogen and oxygen atoms in total. The van der Waals surface area contributed by atoms with Crippen molar-refractivity contribution in [2.24, 2.45) is 0 Å². The van der Waals surface area contributed by atoms with Crippen LogP contribution in [0.15, 0.2) is 36.8 Å². The molecule has 106 valence electrons. The number of phenolic OH excluding ortho intramolecular Hbond substituents is 1. The van der Waals surface area contributed by atoms with Gasteiger partial charge in [-0.05, 0) is 37.7 Å². The van der Waals surface area contributed by atoms with Crippen LogP contribution in [0, 0.1) is 0 Å². The number of aromatic hydroxyl groups is 1. The van der Waals surface area contributed by atoms with Crippen molar-refractivity contribution in [3.8, 4) is 11.5 Å². The van der Waals surface area contributed by atoms with Gasteiger partial charge in [0.25, 0.3) is 0 Å². The molecule has 0 aliphatic rings. The van der Waals surface area contributed by atoms with Gasteiger partial charge in [-0.1, -0.05) is 6.07 Å². The lowest BCUT2D eigenvalue weighted by Gasteiger charge is -2.24. The van der Waals surface area contributed by atoms with Gasteiger partial charge >= 0.3 is 0 Å². The topological polar surface area (TPSA) is 58.5 Å². The minimum Gasteiger partial charge on any atom is -0.504 e. The molecule has 0 radical (unpaired) electrons. The summed E-state index contributed by atoms with van der Waals surface area (Å²) in [6, 6.07) is 7.52. The zero-order valence-corrected chi connectivity index (χ0v) is 11.9. The van der Waals surface area contributed by atoms with Crippen LogP contribution in [0.3, 0.4) is 0 Å². The Kier molecular flexibility index (Phi) is 4.53. The van der Waals surface area contributed by atoms with Crippen LogP contribution in [0.1, 0.15) is 24.2 Å². The van der Waals surface area contributed by atoms with Crippen molar-refractivity contribution in [2.75, 3.05) is 14.2 Å². The largest absolute Gasteiger partial charge is 0.504 e. The molecule has 0 fully saturated rings. The molecule has 0 amide bonds. The van der Waals surface area contributed by atoms with Crippen LogP contribution in [0.5, 0.6) is 11.5 Å². The number of aromatic nitrogens is 2. The van der Waals surface area contributed by atoms with E-state index in [1.54, 1.807) is 24.7 Å². The molecule has 0 spiro atoms. The summed E-state index contributed by atoms with van der Waals surface area (Å²) in [5.74, 6) is 0.647. The Hall–Kier alpha value is -2.14. The highest BCUT2D eigenvalue weighted by molar-refractivity contribution is 5.41. The van der Waals surface area contributed by atoms with E-state index in [0.717, 1.165) is 11.3 Å². The van der Waals surface area contributed by atoms with E-state index in [2.05, 4.69) is 21.8 Å². The van der Waals surface area contributed by atoms with E-state index < -0.39 is 0 Å². The van der Waals surface area contributed by atoms with E-state index in [1.165, 1.54) is 7.11 Å². The first kappa shape index (κ1) is 14.3. The molecule has 2 rings (SSSR count). The molecule has 1 aromatic carbocycles. The minimum absolute atomic E-state index is 0.160. The average molecular weight is 273 g/mol. The summed E-state index contributed by atoms with van der Waals surface area (Å²) in [5, 5.41) is 9.80. The molecule has 1 heterocycles. The van der Waals surface area contributed by atoms with Crippen LogP contribution in [-0.4, -0.2) is 34.1 Å².